The fourth-order valence-corrected chi connectivity index (χ4v) is 5.90. The smallest absolute Gasteiger partial charge is 0.410 e. The maximum Gasteiger partial charge on any atom is 0.410 e. The Morgan fingerprint density at radius 1 is 0.878 bits per heavy atom. The van der Waals surface area contributed by atoms with Crippen LogP contribution in [-0.2, 0) is 4.74 Å². The Morgan fingerprint density at radius 3 is 2.34 bits per heavy atom. The first-order chi connectivity index (χ1) is 19.7. The Labute approximate surface area is 237 Å². The van der Waals surface area contributed by atoms with Gasteiger partial charge in [-0.3, -0.25) is 9.69 Å². The van der Waals surface area contributed by atoms with Crippen molar-refractivity contribution in [2.75, 3.05) is 18.0 Å². The highest BCUT2D eigenvalue weighted by molar-refractivity contribution is 6.10. The highest BCUT2D eigenvalue weighted by Crippen LogP contribution is 2.39. The SMILES string of the molecule is CC(C)(C)OC(=O)N1C[C@@H]2C1CN2c1ccc(-c2cnc3c(-c4cccc5c(C(N)=O)cccc45)cnn3c2)cc1. The molecule has 2 aliphatic rings. The number of rotatable bonds is 4. The van der Waals surface area contributed by atoms with E-state index in [9.17, 15) is 9.59 Å². The normalized spacial score (nSPS) is 18.1. The van der Waals surface area contributed by atoms with Crippen LogP contribution in [0.4, 0.5) is 10.5 Å². The topological polar surface area (TPSA) is 106 Å². The summed E-state index contributed by atoms with van der Waals surface area (Å²) in [4.78, 5) is 33.3. The molecule has 2 N–H and O–H groups in total. The molecule has 41 heavy (non-hydrogen) atoms. The number of fused-ring (bicyclic) bond motifs is 3. The molecule has 0 aliphatic carbocycles. The van der Waals surface area contributed by atoms with Crippen molar-refractivity contribution in [1.29, 1.82) is 0 Å². The fraction of sp³-hybridized carbons (Fsp3) is 0.250. The molecule has 2 aliphatic heterocycles. The van der Waals surface area contributed by atoms with Gasteiger partial charge in [-0.25, -0.2) is 14.3 Å². The van der Waals surface area contributed by atoms with E-state index in [4.69, 9.17) is 15.5 Å². The number of primary amides is 1. The molecule has 2 atom stereocenters. The molecule has 1 unspecified atom stereocenters. The Bertz CT molecular complexity index is 1840. The molecular formula is C32H30N6O3. The first-order valence-corrected chi connectivity index (χ1v) is 13.7. The van der Waals surface area contributed by atoms with E-state index in [1.807, 2.05) is 68.4 Å². The van der Waals surface area contributed by atoms with Gasteiger partial charge in [-0.15, -0.1) is 0 Å². The van der Waals surface area contributed by atoms with E-state index in [-0.39, 0.29) is 12.1 Å². The van der Waals surface area contributed by atoms with Crippen LogP contribution in [0.25, 0.3) is 38.7 Å². The van der Waals surface area contributed by atoms with Gasteiger partial charge in [-0.05, 0) is 60.9 Å². The van der Waals surface area contributed by atoms with Gasteiger partial charge in [0.15, 0.2) is 5.65 Å². The third-order valence-electron chi connectivity index (χ3n) is 8.01. The summed E-state index contributed by atoms with van der Waals surface area (Å²) in [6.07, 6.45) is 5.42. The number of hydrogen-bond acceptors (Lipinski definition) is 6. The van der Waals surface area contributed by atoms with Gasteiger partial charge in [0.1, 0.15) is 5.60 Å². The van der Waals surface area contributed by atoms with Crippen molar-refractivity contribution in [3.63, 3.8) is 0 Å². The summed E-state index contributed by atoms with van der Waals surface area (Å²) in [7, 11) is 0. The molecule has 7 rings (SSSR count). The minimum Gasteiger partial charge on any atom is -0.444 e. The molecule has 0 spiro atoms. The predicted octanol–water partition coefficient (Wildman–Crippen LogP) is 5.12. The van der Waals surface area contributed by atoms with Gasteiger partial charge in [-0.2, -0.15) is 5.10 Å². The lowest BCUT2D eigenvalue weighted by Crippen LogP contribution is -2.80. The quantitative estimate of drug-likeness (QED) is 0.335. The molecule has 5 aromatic rings. The van der Waals surface area contributed by atoms with E-state index in [1.165, 1.54) is 0 Å². The van der Waals surface area contributed by atoms with E-state index in [2.05, 4.69) is 34.3 Å². The standard InChI is InChI=1S/C32H30N6O3/c1-32(2,3)41-31(40)37-18-27-28(37)17-36(27)21-12-10-19(11-13-21)20-14-34-30-26(15-35-38(30)16-20)24-8-4-7-23-22(24)6-5-9-25(23)29(33)39/h4-16,27-28H,17-18H2,1-3H3,(H2,33,39)/t27-,28?/m1/s1. The summed E-state index contributed by atoms with van der Waals surface area (Å²) in [5.74, 6) is -0.453. The number of benzene rings is 3. The van der Waals surface area contributed by atoms with Gasteiger partial charge >= 0.3 is 6.09 Å². The zero-order valence-corrected chi connectivity index (χ0v) is 23.1. The monoisotopic (exact) mass is 546 g/mol. The van der Waals surface area contributed by atoms with E-state index in [0.29, 0.717) is 18.2 Å². The molecule has 4 heterocycles. The van der Waals surface area contributed by atoms with Crippen LogP contribution in [0.15, 0.2) is 79.3 Å². The number of hydrogen-bond donors (Lipinski definition) is 1. The van der Waals surface area contributed by atoms with Gasteiger partial charge in [0, 0.05) is 47.9 Å². The number of aromatic nitrogens is 3. The van der Waals surface area contributed by atoms with Crippen LogP contribution in [-0.4, -0.2) is 62.3 Å². The number of nitrogens with two attached hydrogens (primary N) is 1. The number of anilines is 1. The van der Waals surface area contributed by atoms with Crippen LogP contribution in [0.5, 0.6) is 0 Å². The van der Waals surface area contributed by atoms with Crippen LogP contribution in [0.3, 0.4) is 0 Å². The number of ether oxygens (including phenoxy) is 1. The van der Waals surface area contributed by atoms with Gasteiger partial charge in [0.2, 0.25) is 5.91 Å². The highest BCUT2D eigenvalue weighted by atomic mass is 16.6. The molecule has 206 valence electrons. The minimum absolute atomic E-state index is 0.217. The molecule has 2 saturated heterocycles. The average Bonchev–Trinajstić information content (AvgIpc) is 3.35. The lowest BCUT2D eigenvalue weighted by molar-refractivity contribution is -0.0309. The molecule has 2 aromatic heterocycles. The first kappa shape index (κ1) is 25.1. The number of carbonyl (C=O) groups is 2. The molecule has 2 fully saturated rings. The fourth-order valence-electron chi connectivity index (χ4n) is 5.90. The van der Waals surface area contributed by atoms with E-state index < -0.39 is 11.5 Å². The number of carbonyl (C=O) groups excluding carboxylic acids is 2. The first-order valence-electron chi connectivity index (χ1n) is 13.7. The van der Waals surface area contributed by atoms with Crippen LogP contribution < -0.4 is 10.6 Å². The zero-order chi connectivity index (χ0) is 28.5. The van der Waals surface area contributed by atoms with Crippen molar-refractivity contribution in [1.82, 2.24) is 19.5 Å². The summed E-state index contributed by atoms with van der Waals surface area (Å²) < 4.78 is 7.31. The molecule has 0 radical (unpaired) electrons. The number of likely N-dealkylation sites (tertiary alicyclic amines) is 1. The summed E-state index contributed by atoms with van der Waals surface area (Å²) in [5, 5.41) is 6.33. The second kappa shape index (κ2) is 9.05. The second-order valence-corrected chi connectivity index (χ2v) is 11.7. The predicted molar refractivity (Wildman–Crippen MR) is 158 cm³/mol. The van der Waals surface area contributed by atoms with E-state index in [1.54, 1.807) is 16.8 Å². The maximum absolute atomic E-state index is 12.4. The van der Waals surface area contributed by atoms with Crippen molar-refractivity contribution in [2.24, 2.45) is 5.73 Å². The Morgan fingerprint density at radius 2 is 1.63 bits per heavy atom. The van der Waals surface area contributed by atoms with Crippen molar-refractivity contribution in [3.8, 4) is 22.3 Å². The molecule has 2 amide bonds. The Kier molecular flexibility index (Phi) is 5.54. The van der Waals surface area contributed by atoms with Crippen molar-refractivity contribution in [3.05, 3.63) is 84.8 Å². The summed E-state index contributed by atoms with van der Waals surface area (Å²) in [6, 6.07) is 20.4. The molecule has 0 bridgehead atoms. The lowest BCUT2D eigenvalue weighted by Gasteiger charge is -2.62. The highest BCUT2D eigenvalue weighted by Gasteiger charge is 2.54. The maximum atomic E-state index is 12.4. The number of amides is 2. The second-order valence-electron chi connectivity index (χ2n) is 11.7. The molecule has 9 nitrogen and oxygen atoms in total. The average molecular weight is 547 g/mol. The van der Waals surface area contributed by atoms with Gasteiger partial charge in [0.25, 0.3) is 0 Å². The Balaban J connectivity index is 1.10. The lowest BCUT2D eigenvalue weighted by atomic mass is 9.85. The van der Waals surface area contributed by atoms with Crippen LogP contribution >= 0.6 is 0 Å². The summed E-state index contributed by atoms with van der Waals surface area (Å²) in [5.41, 5.74) is 11.3. The molecular weight excluding hydrogens is 516 g/mol. The van der Waals surface area contributed by atoms with Crippen molar-refractivity contribution in [2.45, 2.75) is 38.5 Å². The third-order valence-corrected chi connectivity index (χ3v) is 8.01. The van der Waals surface area contributed by atoms with Gasteiger partial charge in [0.05, 0.1) is 18.3 Å². The number of nitrogens with zero attached hydrogens (tertiary/aromatic N) is 5. The zero-order valence-electron chi connectivity index (χ0n) is 23.1. The van der Waals surface area contributed by atoms with E-state index >= 15 is 0 Å². The molecule has 0 saturated carbocycles. The third kappa shape index (κ3) is 4.16. The largest absolute Gasteiger partial charge is 0.444 e. The van der Waals surface area contributed by atoms with Crippen LogP contribution in [0.1, 0.15) is 31.1 Å². The van der Waals surface area contributed by atoms with Gasteiger partial charge < -0.3 is 15.4 Å². The summed E-state index contributed by atoms with van der Waals surface area (Å²) in [6.45, 7) is 7.17. The van der Waals surface area contributed by atoms with Crippen LogP contribution in [0, 0.1) is 0 Å². The van der Waals surface area contributed by atoms with E-state index in [0.717, 1.165) is 50.9 Å². The van der Waals surface area contributed by atoms with Crippen molar-refractivity contribution < 1.29 is 14.3 Å². The van der Waals surface area contributed by atoms with Crippen molar-refractivity contribution >= 4 is 34.1 Å². The molecule has 3 aromatic carbocycles. The van der Waals surface area contributed by atoms with Crippen LogP contribution in [0.2, 0.25) is 0 Å². The Hall–Kier alpha value is -4.92. The number of piperazine rings is 1. The molecule has 9 heteroatoms. The summed E-state index contributed by atoms with van der Waals surface area (Å²) >= 11 is 0. The minimum atomic E-state index is -0.483. The van der Waals surface area contributed by atoms with Gasteiger partial charge in [-0.1, -0.05) is 42.5 Å².